The van der Waals surface area contributed by atoms with E-state index in [9.17, 15) is 9.90 Å². The standard InChI is InChI=1S/C19H18O2/c1-13-17(15-9-5-3-6-10-15)19(21,14(2)18(13)20)16-11-7-4-8-12-16/h3-12,14,21H,1-2H3/t14-,19+/m1/s1. The summed E-state index contributed by atoms with van der Waals surface area (Å²) in [6, 6.07) is 19.1. The normalized spacial score (nSPS) is 25.5. The predicted octanol–water partition coefficient (Wildman–Crippen LogP) is 3.57. The number of carbonyl (C=O) groups excluding carboxylic acids is 1. The molecule has 0 saturated heterocycles. The minimum Gasteiger partial charge on any atom is -0.380 e. The van der Waals surface area contributed by atoms with Gasteiger partial charge in [-0.1, -0.05) is 67.6 Å². The maximum absolute atomic E-state index is 12.5. The van der Waals surface area contributed by atoms with Gasteiger partial charge in [0.1, 0.15) is 5.60 Å². The summed E-state index contributed by atoms with van der Waals surface area (Å²) in [7, 11) is 0. The molecule has 0 aromatic heterocycles. The lowest BCUT2D eigenvalue weighted by Crippen LogP contribution is -2.33. The minimum absolute atomic E-state index is 0.0141. The molecule has 0 saturated carbocycles. The number of rotatable bonds is 2. The summed E-state index contributed by atoms with van der Waals surface area (Å²) in [4.78, 5) is 12.5. The summed E-state index contributed by atoms with van der Waals surface area (Å²) in [5.41, 5.74) is 1.79. The zero-order valence-electron chi connectivity index (χ0n) is 12.2. The van der Waals surface area contributed by atoms with Gasteiger partial charge in [-0.2, -0.15) is 0 Å². The zero-order chi connectivity index (χ0) is 15.0. The van der Waals surface area contributed by atoms with E-state index in [0.29, 0.717) is 5.57 Å². The van der Waals surface area contributed by atoms with Crippen molar-refractivity contribution in [3.63, 3.8) is 0 Å². The number of allylic oxidation sites excluding steroid dienone is 1. The third-order valence-corrected chi connectivity index (χ3v) is 4.42. The van der Waals surface area contributed by atoms with Crippen molar-refractivity contribution < 1.29 is 9.90 Å². The Labute approximate surface area is 124 Å². The van der Waals surface area contributed by atoms with E-state index in [4.69, 9.17) is 0 Å². The monoisotopic (exact) mass is 278 g/mol. The van der Waals surface area contributed by atoms with E-state index in [1.807, 2.05) is 67.6 Å². The van der Waals surface area contributed by atoms with Crippen LogP contribution in [0, 0.1) is 5.92 Å². The molecule has 0 amide bonds. The fourth-order valence-electron chi connectivity index (χ4n) is 3.27. The lowest BCUT2D eigenvalue weighted by atomic mass is 9.78. The van der Waals surface area contributed by atoms with Crippen molar-refractivity contribution >= 4 is 11.4 Å². The summed E-state index contributed by atoms with van der Waals surface area (Å²) < 4.78 is 0. The molecule has 2 aromatic rings. The molecule has 0 aliphatic heterocycles. The minimum atomic E-state index is -1.26. The molecule has 0 heterocycles. The molecule has 2 heteroatoms. The Morgan fingerprint density at radius 2 is 1.48 bits per heavy atom. The third-order valence-electron chi connectivity index (χ3n) is 4.42. The van der Waals surface area contributed by atoms with Crippen LogP contribution in [0.2, 0.25) is 0 Å². The second kappa shape index (κ2) is 4.97. The molecule has 1 aliphatic rings. The highest BCUT2D eigenvalue weighted by Gasteiger charge is 2.50. The van der Waals surface area contributed by atoms with Gasteiger partial charge in [0.2, 0.25) is 0 Å². The number of ketones is 1. The van der Waals surface area contributed by atoms with E-state index in [0.717, 1.165) is 16.7 Å². The summed E-state index contributed by atoms with van der Waals surface area (Å²) in [6.07, 6.45) is 0. The van der Waals surface area contributed by atoms with Crippen molar-refractivity contribution in [2.24, 2.45) is 5.92 Å². The molecule has 0 bridgehead atoms. The molecule has 106 valence electrons. The number of benzene rings is 2. The summed E-state index contributed by atoms with van der Waals surface area (Å²) in [6.45, 7) is 3.61. The van der Waals surface area contributed by atoms with Gasteiger partial charge in [-0.05, 0) is 23.6 Å². The fraction of sp³-hybridized carbons (Fsp3) is 0.211. The van der Waals surface area contributed by atoms with Crippen LogP contribution < -0.4 is 0 Å². The van der Waals surface area contributed by atoms with Gasteiger partial charge in [0.25, 0.3) is 0 Å². The number of hydrogen-bond acceptors (Lipinski definition) is 2. The Kier molecular flexibility index (Phi) is 3.26. The van der Waals surface area contributed by atoms with Crippen LogP contribution in [0.1, 0.15) is 25.0 Å². The zero-order valence-corrected chi connectivity index (χ0v) is 12.2. The van der Waals surface area contributed by atoms with Gasteiger partial charge in [-0.15, -0.1) is 0 Å². The van der Waals surface area contributed by atoms with Crippen LogP contribution in [0.4, 0.5) is 0 Å². The Bertz CT molecular complexity index is 701. The van der Waals surface area contributed by atoms with Crippen molar-refractivity contribution in [1.82, 2.24) is 0 Å². The van der Waals surface area contributed by atoms with Crippen LogP contribution in [-0.4, -0.2) is 10.9 Å². The van der Waals surface area contributed by atoms with Crippen LogP contribution in [0.25, 0.3) is 5.57 Å². The largest absolute Gasteiger partial charge is 0.380 e. The van der Waals surface area contributed by atoms with Crippen molar-refractivity contribution in [3.05, 3.63) is 77.4 Å². The molecule has 2 atom stereocenters. The summed E-state index contributed by atoms with van der Waals surface area (Å²) in [5, 5.41) is 11.4. The molecule has 3 rings (SSSR count). The molecule has 0 unspecified atom stereocenters. The SMILES string of the molecule is CC1=C(c2ccccc2)[C@@](O)(c2ccccc2)[C@H](C)C1=O. The number of aliphatic hydroxyl groups is 1. The van der Waals surface area contributed by atoms with E-state index < -0.39 is 11.5 Å². The highest BCUT2D eigenvalue weighted by Crippen LogP contribution is 2.49. The van der Waals surface area contributed by atoms with Gasteiger partial charge < -0.3 is 5.11 Å². The van der Waals surface area contributed by atoms with E-state index in [1.165, 1.54) is 0 Å². The van der Waals surface area contributed by atoms with Crippen LogP contribution in [-0.2, 0) is 10.4 Å². The third kappa shape index (κ3) is 1.95. The van der Waals surface area contributed by atoms with Gasteiger partial charge in [0, 0.05) is 5.57 Å². The Balaban J connectivity index is 2.26. The lowest BCUT2D eigenvalue weighted by molar-refractivity contribution is -0.122. The Morgan fingerprint density at radius 3 is 2.05 bits per heavy atom. The van der Waals surface area contributed by atoms with Crippen molar-refractivity contribution in [3.8, 4) is 0 Å². The van der Waals surface area contributed by atoms with E-state index in [-0.39, 0.29) is 5.78 Å². The lowest BCUT2D eigenvalue weighted by Gasteiger charge is -2.31. The smallest absolute Gasteiger partial charge is 0.165 e. The first-order chi connectivity index (χ1) is 10.1. The van der Waals surface area contributed by atoms with Gasteiger partial charge in [-0.25, -0.2) is 0 Å². The van der Waals surface area contributed by atoms with E-state index >= 15 is 0 Å². The van der Waals surface area contributed by atoms with E-state index in [2.05, 4.69) is 0 Å². The fourth-order valence-corrected chi connectivity index (χ4v) is 3.27. The molecule has 1 aliphatic carbocycles. The average Bonchev–Trinajstić information content (AvgIpc) is 2.71. The first-order valence-electron chi connectivity index (χ1n) is 7.15. The van der Waals surface area contributed by atoms with Crippen molar-refractivity contribution in [2.45, 2.75) is 19.4 Å². The molecular weight excluding hydrogens is 260 g/mol. The summed E-state index contributed by atoms with van der Waals surface area (Å²) in [5.74, 6) is -0.463. The van der Waals surface area contributed by atoms with Crippen molar-refractivity contribution in [2.75, 3.05) is 0 Å². The molecule has 1 N–H and O–H groups in total. The molecule has 2 aromatic carbocycles. The first-order valence-corrected chi connectivity index (χ1v) is 7.15. The van der Waals surface area contributed by atoms with Gasteiger partial charge in [0.05, 0.1) is 5.92 Å². The summed E-state index contributed by atoms with van der Waals surface area (Å²) >= 11 is 0. The Hall–Kier alpha value is -2.19. The number of hydrogen-bond donors (Lipinski definition) is 1. The molecule has 0 radical (unpaired) electrons. The molecular formula is C19H18O2. The molecule has 0 fully saturated rings. The highest BCUT2D eigenvalue weighted by molar-refractivity contribution is 6.11. The second-order valence-electron chi connectivity index (χ2n) is 5.58. The number of carbonyl (C=O) groups is 1. The second-order valence-corrected chi connectivity index (χ2v) is 5.58. The molecule has 21 heavy (non-hydrogen) atoms. The maximum Gasteiger partial charge on any atom is 0.165 e. The topological polar surface area (TPSA) is 37.3 Å². The molecule has 2 nitrogen and oxygen atoms in total. The number of Topliss-reactive ketones (excluding diaryl/α,β-unsaturated/α-hetero) is 1. The van der Waals surface area contributed by atoms with Crippen LogP contribution in [0.15, 0.2) is 66.2 Å². The van der Waals surface area contributed by atoms with Gasteiger partial charge in [-0.3, -0.25) is 4.79 Å². The maximum atomic E-state index is 12.5. The predicted molar refractivity (Wildman–Crippen MR) is 83.5 cm³/mol. The molecule has 0 spiro atoms. The van der Waals surface area contributed by atoms with Crippen LogP contribution in [0.5, 0.6) is 0 Å². The average molecular weight is 278 g/mol. The van der Waals surface area contributed by atoms with Gasteiger partial charge >= 0.3 is 0 Å². The van der Waals surface area contributed by atoms with Crippen LogP contribution in [0.3, 0.4) is 0 Å². The van der Waals surface area contributed by atoms with Gasteiger partial charge in [0.15, 0.2) is 5.78 Å². The van der Waals surface area contributed by atoms with E-state index in [1.54, 1.807) is 6.92 Å². The van der Waals surface area contributed by atoms with Crippen molar-refractivity contribution in [1.29, 1.82) is 0 Å². The first kappa shape index (κ1) is 13.8. The Morgan fingerprint density at radius 1 is 0.952 bits per heavy atom. The quantitative estimate of drug-likeness (QED) is 0.912. The highest BCUT2D eigenvalue weighted by atomic mass is 16.3. The van der Waals surface area contributed by atoms with Crippen LogP contribution >= 0.6 is 0 Å².